The summed E-state index contributed by atoms with van der Waals surface area (Å²) in [7, 11) is -0.494. The topological polar surface area (TPSA) is 92.4 Å². The van der Waals surface area contributed by atoms with Crippen molar-refractivity contribution in [1.82, 2.24) is 18.6 Å². The Hall–Kier alpha value is -1.74. The molecule has 0 aliphatic carbocycles. The van der Waals surface area contributed by atoms with Crippen LogP contribution in [0.15, 0.2) is 30.5 Å². The Labute approximate surface area is 152 Å². The lowest BCUT2D eigenvalue weighted by atomic mass is 10.0. The van der Waals surface area contributed by atoms with Gasteiger partial charge in [0.25, 0.3) is 10.2 Å². The SMILES string of the molecule is CN(C)S(=O)(=O)N1CCCC1c1nc(N)ncc1-c1ccc(Cl)cc1. The molecule has 0 saturated carbocycles. The van der Waals surface area contributed by atoms with Crippen LogP contribution in [0.3, 0.4) is 0 Å². The van der Waals surface area contributed by atoms with Crippen molar-refractivity contribution in [3.63, 3.8) is 0 Å². The van der Waals surface area contributed by atoms with Crippen molar-refractivity contribution in [2.75, 3.05) is 26.4 Å². The lowest BCUT2D eigenvalue weighted by molar-refractivity contribution is 0.358. The van der Waals surface area contributed by atoms with Gasteiger partial charge in [-0.2, -0.15) is 17.0 Å². The predicted octanol–water partition coefficient (Wildman–Crippen LogP) is 2.32. The molecule has 0 radical (unpaired) electrons. The number of benzene rings is 1. The molecule has 25 heavy (non-hydrogen) atoms. The Morgan fingerprint density at radius 1 is 1.28 bits per heavy atom. The fraction of sp³-hybridized carbons (Fsp3) is 0.375. The van der Waals surface area contributed by atoms with Crippen LogP contribution >= 0.6 is 11.6 Å². The standard InChI is InChI=1S/C16H20ClN5O2S/c1-21(2)25(23,24)22-9-3-4-14(22)15-13(10-19-16(18)20-15)11-5-7-12(17)8-6-11/h5-8,10,14H,3-4,9H2,1-2H3,(H2,18,19,20). The summed E-state index contributed by atoms with van der Waals surface area (Å²) in [5.41, 5.74) is 8.04. The zero-order chi connectivity index (χ0) is 18.2. The van der Waals surface area contributed by atoms with Crippen molar-refractivity contribution in [3.8, 4) is 11.1 Å². The van der Waals surface area contributed by atoms with E-state index in [0.717, 1.165) is 17.5 Å². The van der Waals surface area contributed by atoms with Gasteiger partial charge in [0.2, 0.25) is 5.95 Å². The monoisotopic (exact) mass is 381 g/mol. The van der Waals surface area contributed by atoms with Gasteiger partial charge in [-0.15, -0.1) is 0 Å². The van der Waals surface area contributed by atoms with E-state index < -0.39 is 10.2 Å². The summed E-state index contributed by atoms with van der Waals surface area (Å²) in [4.78, 5) is 8.47. The first-order valence-corrected chi connectivity index (χ1v) is 9.66. The smallest absolute Gasteiger partial charge is 0.282 e. The second-order valence-corrected chi connectivity index (χ2v) is 8.62. The normalized spacial score (nSPS) is 18.8. The molecule has 2 N–H and O–H groups in total. The van der Waals surface area contributed by atoms with Gasteiger partial charge in [-0.25, -0.2) is 9.97 Å². The fourth-order valence-electron chi connectivity index (χ4n) is 3.01. The van der Waals surface area contributed by atoms with E-state index in [1.165, 1.54) is 22.7 Å². The van der Waals surface area contributed by atoms with E-state index >= 15 is 0 Å². The van der Waals surface area contributed by atoms with Gasteiger partial charge in [0.15, 0.2) is 0 Å². The summed E-state index contributed by atoms with van der Waals surface area (Å²) < 4.78 is 28.0. The van der Waals surface area contributed by atoms with E-state index in [2.05, 4.69) is 9.97 Å². The number of nitrogens with two attached hydrogens (primary N) is 1. The molecule has 1 saturated heterocycles. The summed E-state index contributed by atoms with van der Waals surface area (Å²) in [5, 5.41) is 0.624. The Kier molecular flexibility index (Phi) is 4.97. The summed E-state index contributed by atoms with van der Waals surface area (Å²) in [6.45, 7) is 0.454. The van der Waals surface area contributed by atoms with Crippen LogP contribution in [0.4, 0.5) is 5.95 Å². The highest BCUT2D eigenvalue weighted by molar-refractivity contribution is 7.86. The maximum Gasteiger partial charge on any atom is 0.282 e. The molecule has 3 rings (SSSR count). The first-order valence-electron chi connectivity index (χ1n) is 7.88. The minimum atomic E-state index is -3.55. The van der Waals surface area contributed by atoms with Gasteiger partial charge in [-0.1, -0.05) is 23.7 Å². The minimum Gasteiger partial charge on any atom is -0.368 e. The van der Waals surface area contributed by atoms with Gasteiger partial charge >= 0.3 is 0 Å². The van der Waals surface area contributed by atoms with E-state index in [-0.39, 0.29) is 12.0 Å². The van der Waals surface area contributed by atoms with Crippen LogP contribution in [0.1, 0.15) is 24.6 Å². The molecule has 1 atom stereocenters. The van der Waals surface area contributed by atoms with Gasteiger partial charge in [-0.05, 0) is 30.5 Å². The minimum absolute atomic E-state index is 0.127. The highest BCUT2D eigenvalue weighted by Crippen LogP contribution is 2.38. The maximum atomic E-state index is 12.7. The third-order valence-electron chi connectivity index (χ3n) is 4.27. The number of halogens is 1. The van der Waals surface area contributed by atoms with Gasteiger partial charge in [0.1, 0.15) is 0 Å². The average Bonchev–Trinajstić information content (AvgIpc) is 3.06. The second-order valence-electron chi connectivity index (χ2n) is 6.09. The number of hydrogen-bond donors (Lipinski definition) is 1. The van der Waals surface area contributed by atoms with E-state index in [4.69, 9.17) is 17.3 Å². The van der Waals surface area contributed by atoms with Crippen LogP contribution in [-0.4, -0.2) is 47.6 Å². The van der Waals surface area contributed by atoms with Gasteiger partial charge in [-0.3, -0.25) is 0 Å². The van der Waals surface area contributed by atoms with Crippen LogP contribution < -0.4 is 5.73 Å². The van der Waals surface area contributed by atoms with Crippen molar-refractivity contribution in [3.05, 3.63) is 41.2 Å². The molecule has 1 aliphatic rings. The van der Waals surface area contributed by atoms with Crippen LogP contribution in [0.5, 0.6) is 0 Å². The van der Waals surface area contributed by atoms with E-state index in [0.29, 0.717) is 23.7 Å². The summed E-state index contributed by atoms with van der Waals surface area (Å²) in [6.07, 6.45) is 3.09. The molecule has 1 aromatic carbocycles. The first kappa shape index (κ1) is 18.1. The number of nitrogens with zero attached hydrogens (tertiary/aromatic N) is 4. The highest BCUT2D eigenvalue weighted by Gasteiger charge is 2.38. The van der Waals surface area contributed by atoms with Gasteiger partial charge < -0.3 is 5.73 Å². The Balaban J connectivity index is 2.10. The molecule has 1 unspecified atom stereocenters. The van der Waals surface area contributed by atoms with Crippen LogP contribution in [0.2, 0.25) is 5.02 Å². The third kappa shape index (κ3) is 3.48. The number of anilines is 1. The van der Waals surface area contributed by atoms with Crippen LogP contribution in [0.25, 0.3) is 11.1 Å². The van der Waals surface area contributed by atoms with Crippen molar-refractivity contribution in [2.24, 2.45) is 0 Å². The van der Waals surface area contributed by atoms with Crippen LogP contribution in [-0.2, 0) is 10.2 Å². The molecular formula is C16H20ClN5O2S. The van der Waals surface area contributed by atoms with Crippen molar-refractivity contribution >= 4 is 27.8 Å². The molecule has 0 amide bonds. The molecule has 1 aliphatic heterocycles. The molecule has 9 heteroatoms. The zero-order valence-electron chi connectivity index (χ0n) is 14.1. The number of aromatic nitrogens is 2. The van der Waals surface area contributed by atoms with E-state index in [9.17, 15) is 8.42 Å². The van der Waals surface area contributed by atoms with Crippen molar-refractivity contribution in [1.29, 1.82) is 0 Å². The largest absolute Gasteiger partial charge is 0.368 e. The van der Waals surface area contributed by atoms with E-state index in [1.54, 1.807) is 18.3 Å². The molecule has 7 nitrogen and oxygen atoms in total. The number of nitrogen functional groups attached to an aromatic ring is 1. The Morgan fingerprint density at radius 2 is 1.96 bits per heavy atom. The first-order chi connectivity index (χ1) is 11.8. The highest BCUT2D eigenvalue weighted by atomic mass is 35.5. The Morgan fingerprint density at radius 3 is 2.60 bits per heavy atom. The number of rotatable bonds is 4. The molecule has 0 spiro atoms. The predicted molar refractivity (Wildman–Crippen MR) is 98.2 cm³/mol. The van der Waals surface area contributed by atoms with Crippen molar-refractivity contribution in [2.45, 2.75) is 18.9 Å². The number of hydrogen-bond acceptors (Lipinski definition) is 5. The fourth-order valence-corrected chi connectivity index (χ4v) is 4.45. The van der Waals surface area contributed by atoms with Crippen LogP contribution in [0, 0.1) is 0 Å². The lowest BCUT2D eigenvalue weighted by Gasteiger charge is -2.27. The summed E-state index contributed by atoms with van der Waals surface area (Å²) in [6, 6.07) is 6.91. The summed E-state index contributed by atoms with van der Waals surface area (Å²) >= 11 is 5.96. The van der Waals surface area contributed by atoms with Crippen molar-refractivity contribution < 1.29 is 8.42 Å². The molecule has 2 heterocycles. The maximum absolute atomic E-state index is 12.7. The molecular weight excluding hydrogens is 362 g/mol. The summed E-state index contributed by atoms with van der Waals surface area (Å²) in [5.74, 6) is 0.127. The molecule has 0 bridgehead atoms. The van der Waals surface area contributed by atoms with Gasteiger partial charge in [0.05, 0.1) is 11.7 Å². The van der Waals surface area contributed by atoms with Gasteiger partial charge in [0, 0.05) is 37.4 Å². The molecule has 134 valence electrons. The third-order valence-corrected chi connectivity index (χ3v) is 6.47. The second kappa shape index (κ2) is 6.87. The van der Waals surface area contributed by atoms with E-state index in [1.807, 2.05) is 12.1 Å². The average molecular weight is 382 g/mol. The molecule has 1 aromatic heterocycles. The zero-order valence-corrected chi connectivity index (χ0v) is 15.6. The molecule has 1 fully saturated rings. The Bertz CT molecular complexity index is 871. The quantitative estimate of drug-likeness (QED) is 0.877. The molecule has 2 aromatic rings. The lowest BCUT2D eigenvalue weighted by Crippen LogP contribution is -2.39.